The molecule has 1 aliphatic rings. The summed E-state index contributed by atoms with van der Waals surface area (Å²) in [6.45, 7) is 8.36. The van der Waals surface area contributed by atoms with E-state index < -0.39 is 0 Å². The van der Waals surface area contributed by atoms with Gasteiger partial charge in [0.15, 0.2) is 6.61 Å². The van der Waals surface area contributed by atoms with Crippen molar-refractivity contribution in [2.75, 3.05) is 44.9 Å². The zero-order valence-corrected chi connectivity index (χ0v) is 17.8. The summed E-state index contributed by atoms with van der Waals surface area (Å²) in [5.74, 6) is 1.18. The summed E-state index contributed by atoms with van der Waals surface area (Å²) in [7, 11) is 1.82. The Morgan fingerprint density at radius 2 is 1.83 bits per heavy atom. The molecule has 1 unspecified atom stereocenters. The first-order chi connectivity index (χ1) is 14.1. The average molecular weight is 397 g/mol. The van der Waals surface area contributed by atoms with Crippen molar-refractivity contribution in [1.29, 1.82) is 0 Å². The van der Waals surface area contributed by atoms with Crippen molar-refractivity contribution in [1.82, 2.24) is 4.90 Å². The number of hydrogen-bond donors (Lipinski definition) is 0. The van der Waals surface area contributed by atoms with Crippen molar-refractivity contribution in [3.8, 4) is 5.75 Å². The van der Waals surface area contributed by atoms with Crippen LogP contribution in [0.1, 0.15) is 37.3 Å². The van der Waals surface area contributed by atoms with Crippen LogP contribution < -0.4 is 9.64 Å². The predicted octanol–water partition coefficient (Wildman–Crippen LogP) is 4.07. The van der Waals surface area contributed by atoms with E-state index in [0.717, 1.165) is 49.6 Å². The van der Waals surface area contributed by atoms with Gasteiger partial charge < -0.3 is 19.3 Å². The lowest BCUT2D eigenvalue weighted by Gasteiger charge is -2.29. The minimum absolute atomic E-state index is 0.0267. The van der Waals surface area contributed by atoms with Gasteiger partial charge in [0.25, 0.3) is 5.91 Å². The topological polar surface area (TPSA) is 42.0 Å². The van der Waals surface area contributed by atoms with E-state index in [1.807, 2.05) is 25.2 Å². The molecule has 29 heavy (non-hydrogen) atoms. The van der Waals surface area contributed by atoms with Crippen molar-refractivity contribution in [3.05, 3.63) is 59.7 Å². The van der Waals surface area contributed by atoms with E-state index in [1.54, 1.807) is 4.90 Å². The van der Waals surface area contributed by atoms with Gasteiger partial charge in [0, 0.05) is 32.4 Å². The number of para-hydroxylation sites is 1. The second kappa shape index (κ2) is 10.3. The second-order valence-corrected chi connectivity index (χ2v) is 7.65. The Morgan fingerprint density at radius 3 is 2.52 bits per heavy atom. The SMILES string of the molecule is CCC(C)c1ccccc1OCC(=O)N(C)Cc1ccc(N2CCOCC2)cc1. The van der Waals surface area contributed by atoms with Crippen LogP contribution in [0.3, 0.4) is 0 Å². The Balaban J connectivity index is 1.53. The first-order valence-corrected chi connectivity index (χ1v) is 10.5. The van der Waals surface area contributed by atoms with Crippen molar-refractivity contribution >= 4 is 11.6 Å². The van der Waals surface area contributed by atoms with Gasteiger partial charge in [-0.2, -0.15) is 0 Å². The molecule has 1 saturated heterocycles. The van der Waals surface area contributed by atoms with Crippen LogP contribution in [0.5, 0.6) is 5.75 Å². The Kier molecular flexibility index (Phi) is 7.53. The maximum atomic E-state index is 12.6. The molecule has 1 amide bonds. The Bertz CT molecular complexity index is 785. The van der Waals surface area contributed by atoms with Crippen molar-refractivity contribution in [2.45, 2.75) is 32.7 Å². The summed E-state index contributed by atoms with van der Waals surface area (Å²) >= 11 is 0. The maximum absolute atomic E-state index is 12.6. The lowest BCUT2D eigenvalue weighted by atomic mass is 9.98. The van der Waals surface area contributed by atoms with E-state index in [0.29, 0.717) is 12.5 Å². The number of hydrogen-bond acceptors (Lipinski definition) is 4. The summed E-state index contributed by atoms with van der Waals surface area (Å²) in [6, 6.07) is 16.4. The average Bonchev–Trinajstić information content (AvgIpc) is 2.78. The number of likely N-dealkylation sites (N-methyl/N-ethyl adjacent to an activating group) is 1. The number of rotatable bonds is 8. The molecule has 0 bridgehead atoms. The first kappa shape index (κ1) is 21.2. The molecule has 1 atom stereocenters. The molecule has 1 aliphatic heterocycles. The molecule has 0 radical (unpaired) electrons. The molecule has 0 N–H and O–H groups in total. The van der Waals surface area contributed by atoms with E-state index in [4.69, 9.17) is 9.47 Å². The number of nitrogens with zero attached hydrogens (tertiary/aromatic N) is 2. The third-order valence-electron chi connectivity index (χ3n) is 5.57. The zero-order valence-electron chi connectivity index (χ0n) is 17.8. The summed E-state index contributed by atoms with van der Waals surface area (Å²) in [4.78, 5) is 16.6. The highest BCUT2D eigenvalue weighted by atomic mass is 16.5. The van der Waals surface area contributed by atoms with Gasteiger partial charge in [0.1, 0.15) is 5.75 Å². The van der Waals surface area contributed by atoms with Crippen LogP contribution in [-0.2, 0) is 16.1 Å². The molecular formula is C24H32N2O3. The Hall–Kier alpha value is -2.53. The standard InChI is InChI=1S/C24H32N2O3/c1-4-19(2)22-7-5-6-8-23(22)29-18-24(27)25(3)17-20-9-11-21(12-10-20)26-13-15-28-16-14-26/h5-12,19H,4,13-18H2,1-3H3. The number of ether oxygens (including phenoxy) is 2. The number of carbonyl (C=O) groups excluding carboxylic acids is 1. The summed E-state index contributed by atoms with van der Waals surface area (Å²) in [6.07, 6.45) is 1.04. The first-order valence-electron chi connectivity index (χ1n) is 10.5. The largest absolute Gasteiger partial charge is 0.483 e. The van der Waals surface area contributed by atoms with Gasteiger partial charge in [0.2, 0.25) is 0 Å². The summed E-state index contributed by atoms with van der Waals surface area (Å²) in [5.41, 5.74) is 3.47. The molecule has 1 heterocycles. The van der Waals surface area contributed by atoms with Gasteiger partial charge in [-0.25, -0.2) is 0 Å². The van der Waals surface area contributed by atoms with Crippen LogP contribution in [0.4, 0.5) is 5.69 Å². The zero-order chi connectivity index (χ0) is 20.6. The van der Waals surface area contributed by atoms with Crippen molar-refractivity contribution < 1.29 is 14.3 Å². The third-order valence-corrected chi connectivity index (χ3v) is 5.57. The van der Waals surface area contributed by atoms with E-state index >= 15 is 0 Å². The van der Waals surface area contributed by atoms with E-state index in [2.05, 4.69) is 49.1 Å². The van der Waals surface area contributed by atoms with Crippen LogP contribution in [0.2, 0.25) is 0 Å². The van der Waals surface area contributed by atoms with E-state index in [1.165, 1.54) is 5.69 Å². The summed E-state index contributed by atoms with van der Waals surface area (Å²) < 4.78 is 11.3. The molecule has 2 aromatic carbocycles. The van der Waals surface area contributed by atoms with Crippen LogP contribution in [0.25, 0.3) is 0 Å². The lowest BCUT2D eigenvalue weighted by Crippen LogP contribution is -2.36. The molecule has 5 heteroatoms. The quantitative estimate of drug-likeness (QED) is 0.674. The highest BCUT2D eigenvalue weighted by molar-refractivity contribution is 5.77. The minimum atomic E-state index is -0.0267. The van der Waals surface area contributed by atoms with Crippen molar-refractivity contribution in [2.24, 2.45) is 0 Å². The fraction of sp³-hybridized carbons (Fsp3) is 0.458. The molecule has 0 spiro atoms. The number of anilines is 1. The molecule has 0 aromatic heterocycles. The van der Waals surface area contributed by atoms with Crippen LogP contribution in [0, 0.1) is 0 Å². The highest BCUT2D eigenvalue weighted by Gasteiger charge is 2.15. The number of amides is 1. The smallest absolute Gasteiger partial charge is 0.260 e. The van der Waals surface area contributed by atoms with Crippen LogP contribution >= 0.6 is 0 Å². The van der Waals surface area contributed by atoms with Crippen LogP contribution in [0.15, 0.2) is 48.5 Å². The van der Waals surface area contributed by atoms with E-state index in [9.17, 15) is 4.79 Å². The van der Waals surface area contributed by atoms with Gasteiger partial charge >= 0.3 is 0 Å². The number of benzene rings is 2. The molecule has 2 aromatic rings. The predicted molar refractivity (Wildman–Crippen MR) is 117 cm³/mol. The maximum Gasteiger partial charge on any atom is 0.260 e. The van der Waals surface area contributed by atoms with Crippen molar-refractivity contribution in [3.63, 3.8) is 0 Å². The molecule has 5 nitrogen and oxygen atoms in total. The molecule has 3 rings (SSSR count). The van der Waals surface area contributed by atoms with Gasteiger partial charge in [-0.05, 0) is 41.7 Å². The normalized spacial score (nSPS) is 15.1. The Morgan fingerprint density at radius 1 is 1.14 bits per heavy atom. The fourth-order valence-corrected chi connectivity index (χ4v) is 3.48. The molecule has 0 aliphatic carbocycles. The second-order valence-electron chi connectivity index (χ2n) is 7.65. The van der Waals surface area contributed by atoms with Gasteiger partial charge in [-0.15, -0.1) is 0 Å². The van der Waals surface area contributed by atoms with Gasteiger partial charge in [-0.3, -0.25) is 4.79 Å². The third kappa shape index (κ3) is 5.73. The Labute approximate surface area is 174 Å². The minimum Gasteiger partial charge on any atom is -0.483 e. The molecule has 1 fully saturated rings. The van der Waals surface area contributed by atoms with Gasteiger partial charge in [0.05, 0.1) is 13.2 Å². The monoisotopic (exact) mass is 396 g/mol. The number of carbonyl (C=O) groups is 1. The number of morpholine rings is 1. The van der Waals surface area contributed by atoms with E-state index in [-0.39, 0.29) is 12.5 Å². The fourth-order valence-electron chi connectivity index (χ4n) is 3.48. The van der Waals surface area contributed by atoms with Gasteiger partial charge in [-0.1, -0.05) is 44.2 Å². The lowest BCUT2D eigenvalue weighted by molar-refractivity contribution is -0.132. The molecular weight excluding hydrogens is 364 g/mol. The highest BCUT2D eigenvalue weighted by Crippen LogP contribution is 2.28. The molecule has 156 valence electrons. The summed E-state index contributed by atoms with van der Waals surface area (Å²) in [5, 5.41) is 0. The van der Waals surface area contributed by atoms with Crippen LogP contribution in [-0.4, -0.2) is 50.8 Å². The molecule has 0 saturated carbocycles.